The van der Waals surface area contributed by atoms with E-state index < -0.39 is 0 Å². The first-order valence-corrected chi connectivity index (χ1v) is 6.37. The second-order valence-corrected chi connectivity index (χ2v) is 4.85. The summed E-state index contributed by atoms with van der Waals surface area (Å²) in [5.41, 5.74) is 1.12. The van der Waals surface area contributed by atoms with Crippen LogP contribution in [0.4, 0.5) is 0 Å². The minimum Gasteiger partial charge on any atom is -0.489 e. The van der Waals surface area contributed by atoms with Gasteiger partial charge in [-0.3, -0.25) is 0 Å². The Hall–Kier alpha value is -1.68. The maximum absolute atomic E-state index is 5.71. The number of fused-ring (bicyclic) bond motifs is 1. The lowest BCUT2D eigenvalue weighted by molar-refractivity contribution is 0.173. The van der Waals surface area contributed by atoms with Crippen molar-refractivity contribution in [2.24, 2.45) is 0 Å². The van der Waals surface area contributed by atoms with Gasteiger partial charge < -0.3 is 14.2 Å². The fourth-order valence-electron chi connectivity index (χ4n) is 1.71. The van der Waals surface area contributed by atoms with Crippen molar-refractivity contribution in [3.8, 4) is 17.2 Å². The molecule has 0 saturated heterocycles. The van der Waals surface area contributed by atoms with Crippen LogP contribution in [0.5, 0.6) is 17.2 Å². The van der Waals surface area contributed by atoms with Crippen molar-refractivity contribution in [2.45, 2.75) is 6.61 Å². The summed E-state index contributed by atoms with van der Waals surface area (Å²) >= 11 is 3.40. The zero-order chi connectivity index (χ0) is 12.4. The summed E-state index contributed by atoms with van der Waals surface area (Å²) in [7, 11) is 0. The highest BCUT2D eigenvalue weighted by atomic mass is 79.9. The quantitative estimate of drug-likeness (QED) is 0.864. The zero-order valence-electron chi connectivity index (χ0n) is 9.56. The first kappa shape index (κ1) is 11.4. The van der Waals surface area contributed by atoms with Crippen LogP contribution in [0.1, 0.15) is 5.56 Å². The van der Waals surface area contributed by atoms with Crippen LogP contribution < -0.4 is 14.2 Å². The third-order valence-electron chi connectivity index (χ3n) is 2.66. The molecule has 0 N–H and O–H groups in total. The lowest BCUT2D eigenvalue weighted by Gasteiger charge is -2.07. The highest BCUT2D eigenvalue weighted by molar-refractivity contribution is 9.10. The predicted octanol–water partition coefficient (Wildman–Crippen LogP) is 3.76. The van der Waals surface area contributed by atoms with E-state index in [1.54, 1.807) is 0 Å². The number of hydrogen-bond acceptors (Lipinski definition) is 3. The number of ether oxygens (including phenoxy) is 3. The normalized spacial score (nSPS) is 12.5. The van der Waals surface area contributed by atoms with Gasteiger partial charge in [-0.05, 0) is 29.8 Å². The van der Waals surface area contributed by atoms with Crippen molar-refractivity contribution in [3.05, 3.63) is 52.5 Å². The van der Waals surface area contributed by atoms with Crippen LogP contribution in [-0.2, 0) is 6.61 Å². The van der Waals surface area contributed by atoms with Crippen LogP contribution in [0.15, 0.2) is 46.9 Å². The first-order valence-electron chi connectivity index (χ1n) is 5.58. The van der Waals surface area contributed by atoms with Gasteiger partial charge in [-0.25, -0.2) is 0 Å². The second-order valence-electron chi connectivity index (χ2n) is 3.93. The molecule has 0 amide bonds. The van der Waals surface area contributed by atoms with E-state index in [9.17, 15) is 0 Å². The molecule has 0 unspecified atom stereocenters. The molecular weight excluding hydrogens is 296 g/mol. The molecule has 0 radical (unpaired) electrons. The average molecular weight is 307 g/mol. The van der Waals surface area contributed by atoms with Crippen LogP contribution in [0.2, 0.25) is 0 Å². The van der Waals surface area contributed by atoms with Gasteiger partial charge in [0.15, 0.2) is 11.5 Å². The molecule has 1 heterocycles. The Morgan fingerprint density at radius 2 is 1.78 bits per heavy atom. The lowest BCUT2D eigenvalue weighted by atomic mass is 10.2. The average Bonchev–Trinajstić information content (AvgIpc) is 2.85. The van der Waals surface area contributed by atoms with Crippen LogP contribution in [-0.4, -0.2) is 6.79 Å². The van der Waals surface area contributed by atoms with Gasteiger partial charge in [0.2, 0.25) is 6.79 Å². The molecule has 2 aromatic rings. The number of halogens is 1. The minimum absolute atomic E-state index is 0.283. The molecule has 2 aromatic carbocycles. The molecule has 3 nitrogen and oxygen atoms in total. The summed E-state index contributed by atoms with van der Waals surface area (Å²) in [5, 5.41) is 0. The molecule has 0 atom stereocenters. The summed E-state index contributed by atoms with van der Waals surface area (Å²) < 4.78 is 17.3. The standard InChI is InChI=1S/C14H11BrO3/c15-11-3-1-10(2-4-11)8-16-12-5-6-13-14(7-12)18-9-17-13/h1-7H,8-9H2. The largest absolute Gasteiger partial charge is 0.489 e. The monoisotopic (exact) mass is 306 g/mol. The number of hydrogen-bond donors (Lipinski definition) is 0. The molecule has 1 aliphatic heterocycles. The number of rotatable bonds is 3. The van der Waals surface area contributed by atoms with E-state index in [1.807, 2.05) is 42.5 Å². The summed E-state index contributed by atoms with van der Waals surface area (Å²) in [6.45, 7) is 0.818. The second kappa shape index (κ2) is 4.90. The summed E-state index contributed by atoms with van der Waals surface area (Å²) in [5.74, 6) is 2.29. The fourth-order valence-corrected chi connectivity index (χ4v) is 1.98. The van der Waals surface area contributed by atoms with E-state index >= 15 is 0 Å². The molecule has 18 heavy (non-hydrogen) atoms. The van der Waals surface area contributed by atoms with E-state index in [2.05, 4.69) is 15.9 Å². The van der Waals surface area contributed by atoms with Crippen molar-refractivity contribution in [3.63, 3.8) is 0 Å². The van der Waals surface area contributed by atoms with Crippen molar-refractivity contribution >= 4 is 15.9 Å². The van der Waals surface area contributed by atoms with Gasteiger partial charge in [-0.2, -0.15) is 0 Å². The Morgan fingerprint density at radius 1 is 1.00 bits per heavy atom. The molecule has 0 aromatic heterocycles. The van der Waals surface area contributed by atoms with E-state index in [0.29, 0.717) is 6.61 Å². The van der Waals surface area contributed by atoms with Crippen LogP contribution in [0, 0.1) is 0 Å². The molecule has 92 valence electrons. The molecule has 3 rings (SSSR count). The third-order valence-corrected chi connectivity index (χ3v) is 3.19. The molecule has 0 saturated carbocycles. The van der Waals surface area contributed by atoms with Crippen LogP contribution in [0.3, 0.4) is 0 Å². The Kier molecular flexibility index (Phi) is 3.11. The topological polar surface area (TPSA) is 27.7 Å². The molecule has 1 aliphatic rings. The van der Waals surface area contributed by atoms with Crippen molar-refractivity contribution in [2.75, 3.05) is 6.79 Å². The number of benzene rings is 2. The van der Waals surface area contributed by atoms with Crippen molar-refractivity contribution < 1.29 is 14.2 Å². The third kappa shape index (κ3) is 2.43. The van der Waals surface area contributed by atoms with Gasteiger partial charge in [-0.1, -0.05) is 28.1 Å². The molecule has 0 spiro atoms. The van der Waals surface area contributed by atoms with E-state index in [0.717, 1.165) is 27.3 Å². The SMILES string of the molecule is Brc1ccc(COc2ccc3c(c2)OCO3)cc1. The molecule has 4 heteroatoms. The Morgan fingerprint density at radius 3 is 2.61 bits per heavy atom. The Balaban J connectivity index is 1.68. The predicted molar refractivity (Wildman–Crippen MR) is 71.0 cm³/mol. The smallest absolute Gasteiger partial charge is 0.231 e. The highest BCUT2D eigenvalue weighted by Crippen LogP contribution is 2.35. The van der Waals surface area contributed by atoms with E-state index in [1.165, 1.54) is 0 Å². The molecule has 0 aliphatic carbocycles. The lowest BCUT2D eigenvalue weighted by Crippen LogP contribution is -1.95. The van der Waals surface area contributed by atoms with Gasteiger partial charge in [0.05, 0.1) is 0 Å². The maximum atomic E-state index is 5.71. The summed E-state index contributed by atoms with van der Waals surface area (Å²) in [6, 6.07) is 13.6. The van der Waals surface area contributed by atoms with Crippen molar-refractivity contribution in [1.29, 1.82) is 0 Å². The molecule has 0 fully saturated rings. The van der Waals surface area contributed by atoms with Gasteiger partial charge in [0, 0.05) is 10.5 Å². The summed E-state index contributed by atoms with van der Waals surface area (Å²) in [4.78, 5) is 0. The van der Waals surface area contributed by atoms with Crippen LogP contribution >= 0.6 is 15.9 Å². The van der Waals surface area contributed by atoms with Gasteiger partial charge in [0.1, 0.15) is 12.4 Å². The summed E-state index contributed by atoms with van der Waals surface area (Å²) in [6.07, 6.45) is 0. The maximum Gasteiger partial charge on any atom is 0.231 e. The van der Waals surface area contributed by atoms with Gasteiger partial charge >= 0.3 is 0 Å². The van der Waals surface area contributed by atoms with Gasteiger partial charge in [0.25, 0.3) is 0 Å². The minimum atomic E-state index is 0.283. The van der Waals surface area contributed by atoms with E-state index in [4.69, 9.17) is 14.2 Å². The first-order chi connectivity index (χ1) is 8.81. The van der Waals surface area contributed by atoms with Gasteiger partial charge in [-0.15, -0.1) is 0 Å². The highest BCUT2D eigenvalue weighted by Gasteiger charge is 2.13. The molecule has 0 bridgehead atoms. The van der Waals surface area contributed by atoms with Crippen molar-refractivity contribution in [1.82, 2.24) is 0 Å². The van der Waals surface area contributed by atoms with Crippen LogP contribution in [0.25, 0.3) is 0 Å². The fraction of sp³-hybridized carbons (Fsp3) is 0.143. The van der Waals surface area contributed by atoms with E-state index in [-0.39, 0.29) is 6.79 Å². The Bertz CT molecular complexity index is 551. The zero-order valence-corrected chi connectivity index (χ0v) is 11.1. The molecular formula is C14H11BrO3. The Labute approximate surface area is 113 Å².